The number of nitrogens with zero attached hydrogens (tertiary/aromatic N) is 2. The molecule has 0 bridgehead atoms. The van der Waals surface area contributed by atoms with Crippen LogP contribution in [0.15, 0.2) is 36.5 Å². The SMILES string of the molecule is N#Cc1cccc2c1Oc1ncccc1C2. The van der Waals surface area contributed by atoms with Crippen molar-refractivity contribution < 1.29 is 4.74 Å². The maximum Gasteiger partial charge on any atom is 0.222 e. The zero-order valence-electron chi connectivity index (χ0n) is 8.47. The third-order valence-corrected chi connectivity index (χ3v) is 2.65. The Balaban J connectivity index is 2.16. The van der Waals surface area contributed by atoms with Gasteiger partial charge in [0.25, 0.3) is 0 Å². The molecule has 0 radical (unpaired) electrons. The standard InChI is InChI=1S/C13H8N2O/c14-8-11-4-1-3-9-7-10-5-2-6-15-13(10)16-12(9)11/h1-6H,7H2. The lowest BCUT2D eigenvalue weighted by atomic mass is 10.0. The van der Waals surface area contributed by atoms with Gasteiger partial charge in [0.1, 0.15) is 6.07 Å². The number of ether oxygens (including phenoxy) is 1. The van der Waals surface area contributed by atoms with E-state index >= 15 is 0 Å². The molecule has 3 rings (SSSR count). The molecule has 0 fully saturated rings. The quantitative estimate of drug-likeness (QED) is 0.570. The van der Waals surface area contributed by atoms with Crippen LogP contribution in [0.5, 0.6) is 11.6 Å². The summed E-state index contributed by atoms with van der Waals surface area (Å²) in [6, 6.07) is 11.6. The summed E-state index contributed by atoms with van der Waals surface area (Å²) in [6.07, 6.45) is 2.47. The molecular weight excluding hydrogens is 200 g/mol. The van der Waals surface area contributed by atoms with Crippen LogP contribution in [-0.4, -0.2) is 4.98 Å². The fraction of sp³-hybridized carbons (Fsp3) is 0.0769. The first-order chi connectivity index (χ1) is 7.88. The van der Waals surface area contributed by atoms with Gasteiger partial charge in [0.15, 0.2) is 5.75 Å². The molecule has 0 atom stereocenters. The highest BCUT2D eigenvalue weighted by atomic mass is 16.5. The highest BCUT2D eigenvalue weighted by molar-refractivity contribution is 5.54. The molecule has 2 aromatic rings. The van der Waals surface area contributed by atoms with Gasteiger partial charge in [-0.25, -0.2) is 4.98 Å². The van der Waals surface area contributed by atoms with E-state index in [0.717, 1.165) is 17.5 Å². The van der Waals surface area contributed by atoms with Crippen molar-refractivity contribution in [2.24, 2.45) is 0 Å². The van der Waals surface area contributed by atoms with Crippen LogP contribution in [0.25, 0.3) is 0 Å². The van der Waals surface area contributed by atoms with Gasteiger partial charge < -0.3 is 4.74 Å². The normalized spacial score (nSPS) is 11.9. The Kier molecular flexibility index (Phi) is 1.87. The molecule has 76 valence electrons. The fourth-order valence-corrected chi connectivity index (χ4v) is 1.89. The Bertz CT molecular complexity index is 599. The van der Waals surface area contributed by atoms with Gasteiger partial charge in [0, 0.05) is 23.7 Å². The van der Waals surface area contributed by atoms with Crippen LogP contribution in [0.3, 0.4) is 0 Å². The van der Waals surface area contributed by atoms with Crippen molar-refractivity contribution in [3.8, 4) is 17.7 Å². The van der Waals surface area contributed by atoms with Crippen molar-refractivity contribution in [2.75, 3.05) is 0 Å². The van der Waals surface area contributed by atoms with Gasteiger partial charge in [-0.05, 0) is 12.1 Å². The molecule has 16 heavy (non-hydrogen) atoms. The van der Waals surface area contributed by atoms with Crippen molar-refractivity contribution in [1.82, 2.24) is 4.98 Å². The number of benzene rings is 1. The number of aromatic nitrogens is 1. The fourth-order valence-electron chi connectivity index (χ4n) is 1.89. The average molecular weight is 208 g/mol. The van der Waals surface area contributed by atoms with Gasteiger partial charge in [-0.1, -0.05) is 18.2 Å². The van der Waals surface area contributed by atoms with Crippen LogP contribution in [0.2, 0.25) is 0 Å². The average Bonchev–Trinajstić information content (AvgIpc) is 2.35. The van der Waals surface area contributed by atoms with E-state index in [1.165, 1.54) is 0 Å². The van der Waals surface area contributed by atoms with Crippen molar-refractivity contribution in [2.45, 2.75) is 6.42 Å². The van der Waals surface area contributed by atoms with E-state index in [4.69, 9.17) is 10.00 Å². The molecule has 3 heteroatoms. The first kappa shape index (κ1) is 8.93. The Hall–Kier alpha value is -2.34. The van der Waals surface area contributed by atoms with E-state index in [1.54, 1.807) is 12.3 Å². The summed E-state index contributed by atoms with van der Waals surface area (Å²) >= 11 is 0. The van der Waals surface area contributed by atoms with E-state index in [9.17, 15) is 0 Å². The third kappa shape index (κ3) is 1.24. The topological polar surface area (TPSA) is 45.9 Å². The van der Waals surface area contributed by atoms with Crippen molar-refractivity contribution in [1.29, 1.82) is 5.26 Å². The molecular formula is C13H8N2O. The van der Waals surface area contributed by atoms with E-state index < -0.39 is 0 Å². The zero-order valence-corrected chi connectivity index (χ0v) is 8.47. The number of hydrogen-bond acceptors (Lipinski definition) is 3. The van der Waals surface area contributed by atoms with Crippen LogP contribution in [0.4, 0.5) is 0 Å². The molecule has 1 aliphatic heterocycles. The lowest BCUT2D eigenvalue weighted by Crippen LogP contribution is -2.05. The van der Waals surface area contributed by atoms with Gasteiger partial charge in [0.2, 0.25) is 5.88 Å². The number of para-hydroxylation sites is 1. The summed E-state index contributed by atoms with van der Waals surface area (Å²) < 4.78 is 5.67. The molecule has 0 spiro atoms. The largest absolute Gasteiger partial charge is 0.437 e. The smallest absolute Gasteiger partial charge is 0.222 e. The minimum absolute atomic E-state index is 0.564. The number of hydrogen-bond donors (Lipinski definition) is 0. The number of pyridine rings is 1. The second-order valence-corrected chi connectivity index (χ2v) is 3.65. The predicted octanol–water partition coefficient (Wildman–Crippen LogP) is 2.65. The lowest BCUT2D eigenvalue weighted by molar-refractivity contribution is 0.439. The van der Waals surface area contributed by atoms with Gasteiger partial charge >= 0.3 is 0 Å². The van der Waals surface area contributed by atoms with Crippen molar-refractivity contribution >= 4 is 0 Å². The molecule has 1 aromatic carbocycles. The Labute approximate surface area is 92.9 Å². The molecule has 0 unspecified atom stereocenters. The summed E-state index contributed by atoms with van der Waals surface area (Å²) in [5.41, 5.74) is 2.67. The molecule has 3 nitrogen and oxygen atoms in total. The second-order valence-electron chi connectivity index (χ2n) is 3.65. The molecule has 0 saturated carbocycles. The number of rotatable bonds is 0. The van der Waals surface area contributed by atoms with Crippen molar-refractivity contribution in [3.05, 3.63) is 53.2 Å². The first-order valence-corrected chi connectivity index (χ1v) is 5.02. The maximum atomic E-state index is 8.99. The summed E-state index contributed by atoms with van der Waals surface area (Å²) in [5, 5.41) is 8.99. The number of fused-ring (bicyclic) bond motifs is 2. The molecule has 0 amide bonds. The summed E-state index contributed by atoms with van der Waals surface area (Å²) in [5.74, 6) is 1.26. The lowest BCUT2D eigenvalue weighted by Gasteiger charge is -2.19. The second kappa shape index (κ2) is 3.35. The summed E-state index contributed by atoms with van der Waals surface area (Å²) in [4.78, 5) is 4.16. The van der Waals surface area contributed by atoms with Gasteiger partial charge in [-0.3, -0.25) is 0 Å². The molecule has 1 aromatic heterocycles. The van der Waals surface area contributed by atoms with Crippen LogP contribution < -0.4 is 4.74 Å². The zero-order chi connectivity index (χ0) is 11.0. The Morgan fingerprint density at radius 1 is 1.19 bits per heavy atom. The molecule has 0 N–H and O–H groups in total. The minimum Gasteiger partial charge on any atom is -0.437 e. The Morgan fingerprint density at radius 2 is 2.06 bits per heavy atom. The predicted molar refractivity (Wildman–Crippen MR) is 58.3 cm³/mol. The third-order valence-electron chi connectivity index (χ3n) is 2.65. The monoisotopic (exact) mass is 208 g/mol. The van der Waals surface area contributed by atoms with E-state index in [-0.39, 0.29) is 0 Å². The van der Waals surface area contributed by atoms with Crippen LogP contribution in [0, 0.1) is 11.3 Å². The van der Waals surface area contributed by atoms with Gasteiger partial charge in [-0.2, -0.15) is 5.26 Å². The molecule has 0 aliphatic carbocycles. The van der Waals surface area contributed by atoms with Crippen LogP contribution in [-0.2, 0) is 6.42 Å². The van der Waals surface area contributed by atoms with E-state index in [0.29, 0.717) is 17.2 Å². The van der Waals surface area contributed by atoms with Gasteiger partial charge in [-0.15, -0.1) is 0 Å². The highest BCUT2D eigenvalue weighted by Crippen LogP contribution is 2.36. The highest BCUT2D eigenvalue weighted by Gasteiger charge is 2.19. The maximum absolute atomic E-state index is 8.99. The van der Waals surface area contributed by atoms with Crippen LogP contribution >= 0.6 is 0 Å². The minimum atomic E-state index is 0.564. The molecule has 2 heterocycles. The number of nitriles is 1. The Morgan fingerprint density at radius 3 is 2.94 bits per heavy atom. The van der Waals surface area contributed by atoms with E-state index in [2.05, 4.69) is 11.1 Å². The van der Waals surface area contributed by atoms with Crippen LogP contribution in [0.1, 0.15) is 16.7 Å². The van der Waals surface area contributed by atoms with E-state index in [1.807, 2.05) is 24.3 Å². The van der Waals surface area contributed by atoms with Crippen molar-refractivity contribution in [3.63, 3.8) is 0 Å². The summed E-state index contributed by atoms with van der Waals surface area (Å²) in [7, 11) is 0. The molecule has 0 saturated heterocycles. The summed E-state index contributed by atoms with van der Waals surface area (Å²) in [6.45, 7) is 0. The first-order valence-electron chi connectivity index (χ1n) is 5.02. The molecule has 1 aliphatic rings. The van der Waals surface area contributed by atoms with Gasteiger partial charge in [0.05, 0.1) is 5.56 Å².